The first-order valence-electron chi connectivity index (χ1n) is 4.20. The summed E-state index contributed by atoms with van der Waals surface area (Å²) in [5, 5.41) is 2.55. The molecule has 1 unspecified atom stereocenters. The van der Waals surface area contributed by atoms with Crippen molar-refractivity contribution < 1.29 is 19.1 Å². The molecule has 1 aliphatic heterocycles. The Kier molecular flexibility index (Phi) is 2.87. The van der Waals surface area contributed by atoms with Crippen LogP contribution in [0, 0.1) is 0 Å². The van der Waals surface area contributed by atoms with E-state index < -0.39 is 17.5 Å². The minimum Gasteiger partial charge on any atom is -0.463 e. The third-order valence-electron chi connectivity index (χ3n) is 1.88. The molecule has 1 N–H and O–H groups in total. The second kappa shape index (κ2) is 3.74. The van der Waals surface area contributed by atoms with Gasteiger partial charge in [-0.3, -0.25) is 4.79 Å². The van der Waals surface area contributed by atoms with Gasteiger partial charge in [-0.2, -0.15) is 0 Å². The van der Waals surface area contributed by atoms with E-state index in [0.717, 1.165) is 0 Å². The fourth-order valence-electron chi connectivity index (χ4n) is 1.07. The SMILES string of the molecule is CCOC(=O)C1(C)OCCNC1=O. The molecule has 1 aliphatic rings. The highest BCUT2D eigenvalue weighted by Gasteiger charge is 2.45. The van der Waals surface area contributed by atoms with E-state index in [-0.39, 0.29) is 6.61 Å². The van der Waals surface area contributed by atoms with Crippen LogP contribution in [0.1, 0.15) is 13.8 Å². The predicted molar refractivity (Wildman–Crippen MR) is 44.0 cm³/mol. The van der Waals surface area contributed by atoms with Crippen molar-refractivity contribution in [3.8, 4) is 0 Å². The molecule has 0 aromatic rings. The number of morpholine rings is 1. The van der Waals surface area contributed by atoms with Crippen LogP contribution in [0.3, 0.4) is 0 Å². The van der Waals surface area contributed by atoms with Gasteiger partial charge in [-0.15, -0.1) is 0 Å². The summed E-state index contributed by atoms with van der Waals surface area (Å²) in [6, 6.07) is 0. The van der Waals surface area contributed by atoms with E-state index in [9.17, 15) is 9.59 Å². The zero-order valence-corrected chi connectivity index (χ0v) is 7.75. The summed E-state index contributed by atoms with van der Waals surface area (Å²) in [5.74, 6) is -1.07. The van der Waals surface area contributed by atoms with Gasteiger partial charge in [-0.1, -0.05) is 0 Å². The molecule has 1 fully saturated rings. The lowest BCUT2D eigenvalue weighted by molar-refractivity contribution is -0.180. The van der Waals surface area contributed by atoms with Crippen molar-refractivity contribution >= 4 is 11.9 Å². The van der Waals surface area contributed by atoms with E-state index in [1.54, 1.807) is 6.92 Å². The van der Waals surface area contributed by atoms with Crippen molar-refractivity contribution in [2.24, 2.45) is 0 Å². The first-order valence-corrected chi connectivity index (χ1v) is 4.20. The van der Waals surface area contributed by atoms with Gasteiger partial charge < -0.3 is 14.8 Å². The van der Waals surface area contributed by atoms with Crippen molar-refractivity contribution in [1.29, 1.82) is 0 Å². The average Bonchev–Trinajstić information content (AvgIpc) is 2.11. The van der Waals surface area contributed by atoms with Gasteiger partial charge in [-0.25, -0.2) is 4.79 Å². The summed E-state index contributed by atoms with van der Waals surface area (Å²) in [4.78, 5) is 22.6. The van der Waals surface area contributed by atoms with Gasteiger partial charge >= 0.3 is 5.97 Å². The monoisotopic (exact) mass is 187 g/mol. The predicted octanol–water partition coefficient (Wildman–Crippen LogP) is -0.545. The smallest absolute Gasteiger partial charge is 0.348 e. The zero-order valence-electron chi connectivity index (χ0n) is 7.75. The molecule has 1 amide bonds. The number of amides is 1. The third kappa shape index (κ3) is 1.80. The largest absolute Gasteiger partial charge is 0.463 e. The Morgan fingerprint density at radius 1 is 1.77 bits per heavy atom. The van der Waals surface area contributed by atoms with Crippen LogP contribution in [0.2, 0.25) is 0 Å². The van der Waals surface area contributed by atoms with Gasteiger partial charge in [0.1, 0.15) is 0 Å². The lowest BCUT2D eigenvalue weighted by atomic mass is 10.1. The maximum atomic E-state index is 11.3. The van der Waals surface area contributed by atoms with E-state index in [4.69, 9.17) is 9.47 Å². The number of carbonyl (C=O) groups excluding carboxylic acids is 2. The molecule has 74 valence electrons. The molecule has 5 nitrogen and oxygen atoms in total. The summed E-state index contributed by atoms with van der Waals surface area (Å²) in [6.45, 7) is 4.11. The van der Waals surface area contributed by atoms with E-state index >= 15 is 0 Å². The Labute approximate surface area is 76.4 Å². The lowest BCUT2D eigenvalue weighted by Crippen LogP contribution is -2.58. The van der Waals surface area contributed by atoms with Crippen LogP contribution in [-0.2, 0) is 19.1 Å². The summed E-state index contributed by atoms with van der Waals surface area (Å²) >= 11 is 0. The van der Waals surface area contributed by atoms with Gasteiger partial charge in [0.15, 0.2) is 0 Å². The van der Waals surface area contributed by atoms with Crippen molar-refractivity contribution in [2.45, 2.75) is 19.4 Å². The number of hydrogen-bond acceptors (Lipinski definition) is 4. The maximum absolute atomic E-state index is 11.3. The summed E-state index contributed by atoms with van der Waals surface area (Å²) in [6.07, 6.45) is 0. The Hall–Kier alpha value is -1.10. The minimum atomic E-state index is -1.46. The molecule has 0 aliphatic carbocycles. The summed E-state index contributed by atoms with van der Waals surface area (Å²) < 4.78 is 9.84. The molecular weight excluding hydrogens is 174 g/mol. The number of carbonyl (C=O) groups is 2. The molecule has 0 saturated carbocycles. The quantitative estimate of drug-likeness (QED) is 0.465. The fraction of sp³-hybridized carbons (Fsp3) is 0.750. The van der Waals surface area contributed by atoms with Crippen molar-refractivity contribution in [3.63, 3.8) is 0 Å². The molecule has 1 heterocycles. The molecule has 1 atom stereocenters. The van der Waals surface area contributed by atoms with Crippen LogP contribution in [0.4, 0.5) is 0 Å². The van der Waals surface area contributed by atoms with Gasteiger partial charge in [-0.05, 0) is 13.8 Å². The molecule has 5 heteroatoms. The minimum absolute atomic E-state index is 0.241. The topological polar surface area (TPSA) is 64.6 Å². The fourth-order valence-corrected chi connectivity index (χ4v) is 1.07. The van der Waals surface area contributed by atoms with Crippen LogP contribution >= 0.6 is 0 Å². The summed E-state index contributed by atoms with van der Waals surface area (Å²) in [7, 11) is 0. The number of ether oxygens (including phenoxy) is 2. The van der Waals surface area contributed by atoms with Crippen molar-refractivity contribution in [3.05, 3.63) is 0 Å². The molecule has 0 aromatic heterocycles. The normalized spacial score (nSPS) is 28.0. The third-order valence-corrected chi connectivity index (χ3v) is 1.88. The standard InChI is InChI=1S/C8H13NO4/c1-3-12-7(11)8(2)6(10)9-4-5-13-8/h3-5H2,1-2H3,(H,9,10). The molecule has 13 heavy (non-hydrogen) atoms. The van der Waals surface area contributed by atoms with E-state index in [0.29, 0.717) is 13.2 Å². The maximum Gasteiger partial charge on any atom is 0.348 e. The van der Waals surface area contributed by atoms with Gasteiger partial charge in [0.2, 0.25) is 5.60 Å². The Balaban J connectivity index is 2.71. The first-order chi connectivity index (χ1) is 6.11. The second-order valence-electron chi connectivity index (χ2n) is 2.86. The van der Waals surface area contributed by atoms with Gasteiger partial charge in [0.25, 0.3) is 5.91 Å². The molecule has 0 aromatic carbocycles. The van der Waals surface area contributed by atoms with Gasteiger partial charge in [0, 0.05) is 6.54 Å². The van der Waals surface area contributed by atoms with Crippen molar-refractivity contribution in [1.82, 2.24) is 5.32 Å². The Bertz CT molecular complexity index is 228. The van der Waals surface area contributed by atoms with Crippen molar-refractivity contribution in [2.75, 3.05) is 19.8 Å². The van der Waals surface area contributed by atoms with E-state index in [1.165, 1.54) is 6.92 Å². The Morgan fingerprint density at radius 3 is 3.00 bits per heavy atom. The molecule has 0 radical (unpaired) electrons. The van der Waals surface area contributed by atoms with Crippen LogP contribution in [0.25, 0.3) is 0 Å². The molecule has 1 rings (SSSR count). The molecule has 0 bridgehead atoms. The highest BCUT2D eigenvalue weighted by atomic mass is 16.6. The van der Waals surface area contributed by atoms with Crippen LogP contribution in [-0.4, -0.2) is 37.2 Å². The average molecular weight is 187 g/mol. The zero-order chi connectivity index (χ0) is 9.90. The van der Waals surface area contributed by atoms with Crippen LogP contribution < -0.4 is 5.32 Å². The number of rotatable bonds is 2. The number of hydrogen-bond donors (Lipinski definition) is 1. The number of esters is 1. The first kappa shape index (κ1) is 9.98. The second-order valence-corrected chi connectivity index (χ2v) is 2.86. The van der Waals surface area contributed by atoms with E-state index in [2.05, 4.69) is 5.32 Å². The highest BCUT2D eigenvalue weighted by molar-refractivity contribution is 6.06. The lowest BCUT2D eigenvalue weighted by Gasteiger charge is -2.30. The molecule has 1 saturated heterocycles. The Morgan fingerprint density at radius 2 is 2.46 bits per heavy atom. The molecule has 0 spiro atoms. The van der Waals surface area contributed by atoms with Crippen LogP contribution in [0.5, 0.6) is 0 Å². The van der Waals surface area contributed by atoms with E-state index in [1.807, 2.05) is 0 Å². The van der Waals surface area contributed by atoms with Crippen LogP contribution in [0.15, 0.2) is 0 Å². The van der Waals surface area contributed by atoms with Gasteiger partial charge in [0.05, 0.1) is 13.2 Å². The summed E-state index contributed by atoms with van der Waals surface area (Å²) in [5.41, 5.74) is -1.46. The highest BCUT2D eigenvalue weighted by Crippen LogP contribution is 2.15. The molecular formula is C8H13NO4. The number of nitrogens with one attached hydrogen (secondary N) is 1.